The van der Waals surface area contributed by atoms with E-state index in [1.54, 1.807) is 0 Å². The predicted octanol–water partition coefficient (Wildman–Crippen LogP) is 3.95. The topological polar surface area (TPSA) is 0 Å². The maximum absolute atomic E-state index is 2.24. The maximum atomic E-state index is 2.24. The van der Waals surface area contributed by atoms with Crippen LogP contribution < -0.4 is 0 Å². The lowest BCUT2D eigenvalue weighted by Crippen LogP contribution is -1.80. The number of unbranched alkanes of at least 4 members (excludes halogenated alkanes) is 1. The van der Waals surface area contributed by atoms with Crippen molar-refractivity contribution in [3.8, 4) is 0 Å². The summed E-state index contributed by atoms with van der Waals surface area (Å²) < 4.78 is 0. The second kappa shape index (κ2) is 7.59. The summed E-state index contributed by atoms with van der Waals surface area (Å²) in [6.07, 6.45) is 12.4. The van der Waals surface area contributed by atoms with E-state index in [2.05, 4.69) is 45.1 Å². The molecule has 0 heteroatoms. The molecule has 0 heterocycles. The Morgan fingerprint density at radius 2 is 1.73 bits per heavy atom. The molecule has 0 aliphatic rings. The van der Waals surface area contributed by atoms with E-state index in [0.717, 1.165) is 5.92 Å². The fourth-order valence-electron chi connectivity index (χ4n) is 0.771. The van der Waals surface area contributed by atoms with Crippen molar-refractivity contribution in [3.63, 3.8) is 0 Å². The highest BCUT2D eigenvalue weighted by atomic mass is 13.9. The lowest BCUT2D eigenvalue weighted by atomic mass is 10.1. The average Bonchev–Trinajstić information content (AvgIpc) is 1.96. The van der Waals surface area contributed by atoms with Crippen molar-refractivity contribution in [1.29, 1.82) is 0 Å². The highest BCUT2D eigenvalue weighted by molar-refractivity contribution is 5.02. The summed E-state index contributed by atoms with van der Waals surface area (Å²) in [6.45, 7) is 6.67. The molecule has 0 atom stereocenters. The van der Waals surface area contributed by atoms with Gasteiger partial charge in [-0.3, -0.25) is 0 Å². The Labute approximate surface area is 71.0 Å². The average molecular weight is 152 g/mol. The van der Waals surface area contributed by atoms with E-state index in [-0.39, 0.29) is 0 Å². The van der Waals surface area contributed by atoms with E-state index < -0.39 is 0 Å². The molecule has 0 aromatic carbocycles. The van der Waals surface area contributed by atoms with Gasteiger partial charge >= 0.3 is 0 Å². The smallest absolute Gasteiger partial charge is 0.0324 e. The second-order valence-electron chi connectivity index (χ2n) is 3.27. The number of hydrogen-bond donors (Lipinski definition) is 0. The van der Waals surface area contributed by atoms with Crippen LogP contribution in [0.2, 0.25) is 0 Å². The molecular weight excluding hydrogens is 132 g/mol. The molecule has 0 rings (SSSR count). The first-order valence-electron chi connectivity index (χ1n) is 4.59. The molecular formula is C11H20. The molecule has 0 saturated carbocycles. The standard InChI is InChI=1S/C11H20/c1-4-5-6-7-8-9-10-11(2)3/h6-9,11H,4-5,10H2,1-3H3/b7-6+,9-8+. The van der Waals surface area contributed by atoms with E-state index in [9.17, 15) is 0 Å². The molecule has 0 saturated heterocycles. The van der Waals surface area contributed by atoms with E-state index in [0.29, 0.717) is 0 Å². The quantitative estimate of drug-likeness (QED) is 0.523. The van der Waals surface area contributed by atoms with Crippen LogP contribution in [-0.2, 0) is 0 Å². The first-order valence-corrected chi connectivity index (χ1v) is 4.59. The molecule has 0 radical (unpaired) electrons. The van der Waals surface area contributed by atoms with Gasteiger partial charge in [-0.25, -0.2) is 0 Å². The molecule has 0 aromatic heterocycles. The fourth-order valence-corrected chi connectivity index (χ4v) is 0.771. The van der Waals surface area contributed by atoms with Crippen LogP contribution in [0.1, 0.15) is 40.0 Å². The summed E-state index contributed by atoms with van der Waals surface area (Å²) in [5.74, 6) is 0.783. The zero-order chi connectivity index (χ0) is 8.53. The van der Waals surface area contributed by atoms with Crippen molar-refractivity contribution < 1.29 is 0 Å². The van der Waals surface area contributed by atoms with Crippen molar-refractivity contribution in [1.82, 2.24) is 0 Å². The largest absolute Gasteiger partial charge is 0.0846 e. The molecule has 64 valence electrons. The summed E-state index contributed by atoms with van der Waals surface area (Å²) in [5, 5.41) is 0. The zero-order valence-corrected chi connectivity index (χ0v) is 8.01. The van der Waals surface area contributed by atoms with E-state index >= 15 is 0 Å². The van der Waals surface area contributed by atoms with Gasteiger partial charge in [0.2, 0.25) is 0 Å². The number of hydrogen-bond acceptors (Lipinski definition) is 0. The molecule has 0 fully saturated rings. The van der Waals surface area contributed by atoms with Crippen LogP contribution in [0.3, 0.4) is 0 Å². The number of rotatable bonds is 5. The highest BCUT2D eigenvalue weighted by Gasteiger charge is 1.84. The van der Waals surface area contributed by atoms with Crippen molar-refractivity contribution in [2.45, 2.75) is 40.0 Å². The van der Waals surface area contributed by atoms with Crippen LogP contribution in [0, 0.1) is 5.92 Å². The molecule has 0 aliphatic heterocycles. The molecule has 11 heavy (non-hydrogen) atoms. The summed E-state index contributed by atoms with van der Waals surface area (Å²) in [6, 6.07) is 0. The third kappa shape index (κ3) is 9.48. The molecule has 0 unspecified atom stereocenters. The normalized spacial score (nSPS) is 12.4. The summed E-state index contributed by atoms with van der Waals surface area (Å²) in [7, 11) is 0. The summed E-state index contributed by atoms with van der Waals surface area (Å²) in [4.78, 5) is 0. The van der Waals surface area contributed by atoms with Gasteiger partial charge < -0.3 is 0 Å². The van der Waals surface area contributed by atoms with Crippen molar-refractivity contribution in [2.75, 3.05) is 0 Å². The highest BCUT2D eigenvalue weighted by Crippen LogP contribution is 1.99. The Balaban J connectivity index is 3.28. The Kier molecular flexibility index (Phi) is 7.23. The Morgan fingerprint density at radius 1 is 1.09 bits per heavy atom. The van der Waals surface area contributed by atoms with Crippen LogP contribution in [0.25, 0.3) is 0 Å². The van der Waals surface area contributed by atoms with Gasteiger partial charge in [0.05, 0.1) is 0 Å². The first kappa shape index (κ1) is 10.5. The molecule has 0 bridgehead atoms. The molecule has 0 nitrogen and oxygen atoms in total. The van der Waals surface area contributed by atoms with E-state index in [4.69, 9.17) is 0 Å². The van der Waals surface area contributed by atoms with Crippen LogP contribution in [0.4, 0.5) is 0 Å². The van der Waals surface area contributed by atoms with Gasteiger partial charge in [0.15, 0.2) is 0 Å². The molecule has 0 N–H and O–H groups in total. The Hall–Kier alpha value is -0.520. The summed E-state index contributed by atoms with van der Waals surface area (Å²) >= 11 is 0. The number of allylic oxidation sites excluding steroid dienone is 4. The first-order chi connectivity index (χ1) is 5.27. The Morgan fingerprint density at radius 3 is 2.27 bits per heavy atom. The minimum atomic E-state index is 0.783. The lowest BCUT2D eigenvalue weighted by Gasteiger charge is -1.94. The zero-order valence-electron chi connectivity index (χ0n) is 8.01. The van der Waals surface area contributed by atoms with Gasteiger partial charge in [-0.2, -0.15) is 0 Å². The van der Waals surface area contributed by atoms with Crippen LogP contribution in [0.5, 0.6) is 0 Å². The summed E-state index contributed by atoms with van der Waals surface area (Å²) in [5.41, 5.74) is 0. The van der Waals surface area contributed by atoms with Crippen molar-refractivity contribution in [2.24, 2.45) is 5.92 Å². The van der Waals surface area contributed by atoms with Gasteiger partial charge in [0, 0.05) is 0 Å². The van der Waals surface area contributed by atoms with Gasteiger partial charge in [0.25, 0.3) is 0 Å². The SMILES string of the molecule is CCC/C=C/C=C/CC(C)C. The fraction of sp³-hybridized carbons (Fsp3) is 0.636. The lowest BCUT2D eigenvalue weighted by molar-refractivity contribution is 0.664. The van der Waals surface area contributed by atoms with E-state index in [1.807, 2.05) is 0 Å². The minimum absolute atomic E-state index is 0.783. The van der Waals surface area contributed by atoms with Crippen LogP contribution >= 0.6 is 0 Å². The van der Waals surface area contributed by atoms with Gasteiger partial charge in [-0.1, -0.05) is 51.5 Å². The maximum Gasteiger partial charge on any atom is -0.0324 e. The Bertz CT molecular complexity index is 118. The molecule has 0 aromatic rings. The van der Waals surface area contributed by atoms with Gasteiger partial charge in [-0.05, 0) is 18.8 Å². The predicted molar refractivity (Wildman–Crippen MR) is 52.6 cm³/mol. The third-order valence-corrected chi connectivity index (χ3v) is 1.45. The second-order valence-corrected chi connectivity index (χ2v) is 3.27. The van der Waals surface area contributed by atoms with Crippen molar-refractivity contribution >= 4 is 0 Å². The van der Waals surface area contributed by atoms with Crippen LogP contribution in [-0.4, -0.2) is 0 Å². The third-order valence-electron chi connectivity index (χ3n) is 1.45. The molecule has 0 aliphatic carbocycles. The van der Waals surface area contributed by atoms with Gasteiger partial charge in [0.1, 0.15) is 0 Å². The molecule has 0 amide bonds. The van der Waals surface area contributed by atoms with Crippen molar-refractivity contribution in [3.05, 3.63) is 24.3 Å². The molecule has 0 spiro atoms. The minimum Gasteiger partial charge on any atom is -0.0846 e. The van der Waals surface area contributed by atoms with Gasteiger partial charge in [-0.15, -0.1) is 0 Å². The van der Waals surface area contributed by atoms with Crippen LogP contribution in [0.15, 0.2) is 24.3 Å². The van der Waals surface area contributed by atoms with E-state index in [1.165, 1.54) is 19.3 Å². The monoisotopic (exact) mass is 152 g/mol.